The van der Waals surface area contributed by atoms with Crippen molar-refractivity contribution >= 4 is 0 Å². The molecule has 0 bridgehead atoms. The van der Waals surface area contributed by atoms with E-state index in [4.69, 9.17) is 9.47 Å². The number of nitrogens with one attached hydrogen (secondary N) is 1. The van der Waals surface area contributed by atoms with Crippen LogP contribution >= 0.6 is 0 Å². The summed E-state index contributed by atoms with van der Waals surface area (Å²) in [6, 6.07) is 0.366. The van der Waals surface area contributed by atoms with E-state index < -0.39 is 0 Å². The zero-order valence-corrected chi connectivity index (χ0v) is 9.85. The predicted molar refractivity (Wildman–Crippen MR) is 60.7 cm³/mol. The van der Waals surface area contributed by atoms with Gasteiger partial charge in [0, 0.05) is 19.1 Å². The van der Waals surface area contributed by atoms with Gasteiger partial charge >= 0.3 is 0 Å². The second-order valence-corrected chi connectivity index (χ2v) is 4.26. The lowest BCUT2D eigenvalue weighted by Gasteiger charge is -2.23. The largest absolute Gasteiger partial charge is 0.488 e. The highest BCUT2D eigenvalue weighted by molar-refractivity contribution is 5.12. The molecule has 90 valence electrons. The minimum Gasteiger partial charge on any atom is -0.488 e. The first-order valence-corrected chi connectivity index (χ1v) is 5.75. The summed E-state index contributed by atoms with van der Waals surface area (Å²) in [7, 11) is 0. The summed E-state index contributed by atoms with van der Waals surface area (Å²) in [4.78, 5) is 0. The quantitative estimate of drug-likeness (QED) is 0.824. The number of aromatic nitrogens is 2. The Morgan fingerprint density at radius 2 is 2.56 bits per heavy atom. The SMILES string of the molecule is CC(C)n1cc(OCC2CNCCO2)cn1. The van der Waals surface area contributed by atoms with Gasteiger partial charge in [0.05, 0.1) is 19.0 Å². The zero-order chi connectivity index (χ0) is 11.4. The Kier molecular flexibility index (Phi) is 3.79. The molecule has 1 aromatic heterocycles. The highest BCUT2D eigenvalue weighted by Crippen LogP contribution is 2.13. The lowest BCUT2D eigenvalue weighted by molar-refractivity contribution is 0.000172. The van der Waals surface area contributed by atoms with Crippen molar-refractivity contribution in [3.8, 4) is 5.75 Å². The zero-order valence-electron chi connectivity index (χ0n) is 9.85. The van der Waals surface area contributed by atoms with E-state index in [1.54, 1.807) is 6.20 Å². The van der Waals surface area contributed by atoms with Gasteiger partial charge in [-0.25, -0.2) is 0 Å². The normalized spacial score (nSPS) is 21.3. The molecule has 0 aromatic carbocycles. The van der Waals surface area contributed by atoms with Crippen molar-refractivity contribution in [2.75, 3.05) is 26.3 Å². The maximum absolute atomic E-state index is 5.63. The van der Waals surface area contributed by atoms with Crippen molar-refractivity contribution in [1.82, 2.24) is 15.1 Å². The molecule has 2 rings (SSSR count). The third kappa shape index (κ3) is 2.96. The van der Waals surface area contributed by atoms with Gasteiger partial charge in [-0.2, -0.15) is 5.10 Å². The average molecular weight is 225 g/mol. The van der Waals surface area contributed by atoms with E-state index in [2.05, 4.69) is 24.3 Å². The lowest BCUT2D eigenvalue weighted by Crippen LogP contribution is -2.41. The van der Waals surface area contributed by atoms with Gasteiger partial charge in [-0.05, 0) is 13.8 Å². The molecule has 1 atom stereocenters. The summed E-state index contributed by atoms with van der Waals surface area (Å²) in [5.41, 5.74) is 0. The summed E-state index contributed by atoms with van der Waals surface area (Å²) in [5, 5.41) is 7.48. The van der Waals surface area contributed by atoms with Crippen LogP contribution in [0.15, 0.2) is 12.4 Å². The van der Waals surface area contributed by atoms with Crippen molar-refractivity contribution in [1.29, 1.82) is 0 Å². The van der Waals surface area contributed by atoms with E-state index in [0.717, 1.165) is 25.4 Å². The number of rotatable bonds is 4. The molecule has 1 saturated heterocycles. The number of hydrogen-bond donors (Lipinski definition) is 1. The van der Waals surface area contributed by atoms with Crippen LogP contribution in [0.5, 0.6) is 5.75 Å². The summed E-state index contributed by atoms with van der Waals surface area (Å²) < 4.78 is 13.1. The van der Waals surface area contributed by atoms with Crippen molar-refractivity contribution in [2.45, 2.75) is 26.0 Å². The fraction of sp³-hybridized carbons (Fsp3) is 0.727. The molecule has 0 spiro atoms. The Bertz CT molecular complexity index is 319. The van der Waals surface area contributed by atoms with Crippen molar-refractivity contribution in [2.24, 2.45) is 0 Å². The van der Waals surface area contributed by atoms with Gasteiger partial charge in [-0.1, -0.05) is 0 Å². The molecule has 5 nitrogen and oxygen atoms in total. The molecule has 5 heteroatoms. The van der Waals surface area contributed by atoms with Crippen molar-refractivity contribution in [3.05, 3.63) is 12.4 Å². The Hall–Kier alpha value is -1.07. The van der Waals surface area contributed by atoms with Gasteiger partial charge < -0.3 is 14.8 Å². The standard InChI is InChI=1S/C11H19N3O2/c1-9(2)14-7-10(6-13-14)16-8-11-5-12-3-4-15-11/h6-7,9,11-12H,3-5,8H2,1-2H3. The molecule has 1 aliphatic rings. The molecule has 1 N–H and O–H groups in total. The number of morpholine rings is 1. The summed E-state index contributed by atoms with van der Waals surface area (Å²) >= 11 is 0. The van der Waals surface area contributed by atoms with E-state index >= 15 is 0 Å². The van der Waals surface area contributed by atoms with Crippen LogP contribution in [0.1, 0.15) is 19.9 Å². The maximum Gasteiger partial charge on any atom is 0.157 e. The molecule has 0 saturated carbocycles. The van der Waals surface area contributed by atoms with Gasteiger partial charge in [0.25, 0.3) is 0 Å². The van der Waals surface area contributed by atoms with Crippen LogP contribution < -0.4 is 10.1 Å². The highest BCUT2D eigenvalue weighted by atomic mass is 16.5. The molecular formula is C11H19N3O2. The van der Waals surface area contributed by atoms with E-state index in [1.807, 2.05) is 10.9 Å². The second-order valence-electron chi connectivity index (χ2n) is 4.26. The molecule has 0 aliphatic carbocycles. The molecule has 1 unspecified atom stereocenters. The molecule has 2 heterocycles. The minimum absolute atomic E-state index is 0.149. The third-order valence-electron chi connectivity index (χ3n) is 2.55. The average Bonchev–Trinajstić information content (AvgIpc) is 2.76. The van der Waals surface area contributed by atoms with E-state index in [-0.39, 0.29) is 6.10 Å². The second kappa shape index (κ2) is 5.32. The lowest BCUT2D eigenvalue weighted by atomic mass is 10.3. The number of hydrogen-bond acceptors (Lipinski definition) is 4. The van der Waals surface area contributed by atoms with Crippen molar-refractivity contribution in [3.63, 3.8) is 0 Å². The smallest absolute Gasteiger partial charge is 0.157 e. The van der Waals surface area contributed by atoms with Gasteiger partial charge in [-0.3, -0.25) is 4.68 Å². The first kappa shape index (κ1) is 11.4. The monoisotopic (exact) mass is 225 g/mol. The molecule has 1 aliphatic heterocycles. The van der Waals surface area contributed by atoms with Crippen LogP contribution in [-0.4, -0.2) is 42.2 Å². The van der Waals surface area contributed by atoms with Crippen LogP contribution in [0.4, 0.5) is 0 Å². The molecule has 1 fully saturated rings. The van der Waals surface area contributed by atoms with Gasteiger partial charge in [0.15, 0.2) is 5.75 Å². The fourth-order valence-corrected chi connectivity index (χ4v) is 1.59. The molecule has 16 heavy (non-hydrogen) atoms. The van der Waals surface area contributed by atoms with Crippen LogP contribution in [0.25, 0.3) is 0 Å². The third-order valence-corrected chi connectivity index (χ3v) is 2.55. The molecule has 1 aromatic rings. The van der Waals surface area contributed by atoms with E-state index in [0.29, 0.717) is 12.6 Å². The Morgan fingerprint density at radius 1 is 1.69 bits per heavy atom. The summed E-state index contributed by atoms with van der Waals surface area (Å²) in [6.07, 6.45) is 3.81. The van der Waals surface area contributed by atoms with Crippen LogP contribution in [0, 0.1) is 0 Å². The van der Waals surface area contributed by atoms with Gasteiger partial charge in [-0.15, -0.1) is 0 Å². The van der Waals surface area contributed by atoms with Crippen LogP contribution in [0.2, 0.25) is 0 Å². The molecule has 0 radical (unpaired) electrons. The summed E-state index contributed by atoms with van der Waals surface area (Å²) in [6.45, 7) is 7.31. The number of ether oxygens (including phenoxy) is 2. The fourth-order valence-electron chi connectivity index (χ4n) is 1.59. The minimum atomic E-state index is 0.149. The Balaban J connectivity index is 1.79. The van der Waals surface area contributed by atoms with E-state index in [1.165, 1.54) is 0 Å². The summed E-state index contributed by atoms with van der Waals surface area (Å²) in [5.74, 6) is 0.808. The first-order chi connectivity index (χ1) is 7.75. The van der Waals surface area contributed by atoms with Crippen molar-refractivity contribution < 1.29 is 9.47 Å². The Morgan fingerprint density at radius 3 is 3.19 bits per heavy atom. The van der Waals surface area contributed by atoms with Crippen LogP contribution in [0.3, 0.4) is 0 Å². The Labute approximate surface area is 95.7 Å². The van der Waals surface area contributed by atoms with E-state index in [9.17, 15) is 0 Å². The highest BCUT2D eigenvalue weighted by Gasteiger charge is 2.14. The number of nitrogens with zero attached hydrogens (tertiary/aromatic N) is 2. The van der Waals surface area contributed by atoms with Crippen LogP contribution in [-0.2, 0) is 4.74 Å². The maximum atomic E-state index is 5.63. The predicted octanol–water partition coefficient (Wildman–Crippen LogP) is 0.831. The topological polar surface area (TPSA) is 48.3 Å². The van der Waals surface area contributed by atoms with Gasteiger partial charge in [0.2, 0.25) is 0 Å². The molecular weight excluding hydrogens is 206 g/mol. The van der Waals surface area contributed by atoms with Gasteiger partial charge in [0.1, 0.15) is 12.7 Å². The molecule has 0 amide bonds. The first-order valence-electron chi connectivity index (χ1n) is 5.75.